The van der Waals surface area contributed by atoms with Crippen LogP contribution in [-0.2, 0) is 5.66 Å². The second kappa shape index (κ2) is 7.57. The van der Waals surface area contributed by atoms with Gasteiger partial charge >= 0.3 is 0 Å². The highest BCUT2D eigenvalue weighted by atomic mass is 15.1. The van der Waals surface area contributed by atoms with E-state index < -0.39 is 5.66 Å². The maximum Gasteiger partial charge on any atom is 0.202 e. The van der Waals surface area contributed by atoms with Crippen molar-refractivity contribution in [3.05, 3.63) is 143 Å². The third-order valence-electron chi connectivity index (χ3n) is 5.50. The summed E-state index contributed by atoms with van der Waals surface area (Å²) in [6.45, 7) is 2.10. The van der Waals surface area contributed by atoms with E-state index in [2.05, 4.69) is 104 Å². The Labute approximate surface area is 177 Å². The van der Waals surface area contributed by atoms with Gasteiger partial charge in [0.2, 0.25) is 5.66 Å². The van der Waals surface area contributed by atoms with Crippen molar-refractivity contribution in [2.45, 2.75) is 12.6 Å². The lowest BCUT2D eigenvalue weighted by atomic mass is 9.92. The molecular formula is C28H22N2. The zero-order valence-electron chi connectivity index (χ0n) is 16.9. The first kappa shape index (κ1) is 18.3. The number of rotatable bonds is 4. The van der Waals surface area contributed by atoms with Gasteiger partial charge in [-0.2, -0.15) is 0 Å². The summed E-state index contributed by atoms with van der Waals surface area (Å²) < 4.78 is 0. The fourth-order valence-electron chi connectivity index (χ4n) is 3.93. The molecular weight excluding hydrogens is 364 g/mol. The fourth-order valence-corrected chi connectivity index (χ4v) is 3.93. The molecule has 0 radical (unpaired) electrons. The molecule has 1 aliphatic rings. The third kappa shape index (κ3) is 3.17. The molecule has 4 aromatic carbocycles. The second-order valence-electron chi connectivity index (χ2n) is 7.56. The summed E-state index contributed by atoms with van der Waals surface area (Å²) >= 11 is 0. The Morgan fingerprint density at radius 3 is 1.33 bits per heavy atom. The van der Waals surface area contributed by atoms with E-state index in [0.29, 0.717) is 0 Å². The highest BCUT2D eigenvalue weighted by molar-refractivity contribution is 6.54. The Bertz CT molecular complexity index is 1150. The van der Waals surface area contributed by atoms with E-state index in [4.69, 9.17) is 9.98 Å². The summed E-state index contributed by atoms with van der Waals surface area (Å²) in [5, 5.41) is 0. The molecule has 0 saturated heterocycles. The Kier molecular flexibility index (Phi) is 4.61. The minimum Gasteiger partial charge on any atom is -0.243 e. The lowest BCUT2D eigenvalue weighted by Gasteiger charge is -2.24. The lowest BCUT2D eigenvalue weighted by Crippen LogP contribution is -2.21. The summed E-state index contributed by atoms with van der Waals surface area (Å²) in [6.07, 6.45) is 0. The number of hydrogen-bond donors (Lipinski definition) is 0. The molecule has 1 aliphatic heterocycles. The van der Waals surface area contributed by atoms with Crippen LogP contribution in [0, 0.1) is 6.92 Å². The highest BCUT2D eigenvalue weighted by Crippen LogP contribution is 2.40. The molecule has 4 aromatic rings. The van der Waals surface area contributed by atoms with Crippen molar-refractivity contribution >= 4 is 11.4 Å². The predicted molar refractivity (Wildman–Crippen MR) is 124 cm³/mol. The first-order valence-electron chi connectivity index (χ1n) is 10.2. The van der Waals surface area contributed by atoms with Crippen LogP contribution in [0.5, 0.6) is 0 Å². The molecule has 0 aromatic heterocycles. The molecule has 0 unspecified atom stereocenters. The van der Waals surface area contributed by atoms with Gasteiger partial charge in [0.1, 0.15) is 0 Å². The van der Waals surface area contributed by atoms with Crippen LogP contribution in [0.2, 0.25) is 0 Å². The van der Waals surface area contributed by atoms with Gasteiger partial charge in [-0.1, -0.05) is 121 Å². The van der Waals surface area contributed by atoms with Crippen molar-refractivity contribution in [2.24, 2.45) is 9.98 Å². The van der Waals surface area contributed by atoms with Crippen LogP contribution in [0.25, 0.3) is 0 Å². The van der Waals surface area contributed by atoms with Crippen molar-refractivity contribution in [2.75, 3.05) is 0 Å². The van der Waals surface area contributed by atoms with Gasteiger partial charge in [0.15, 0.2) is 0 Å². The standard InChI is InChI=1S/C28H22N2/c1-21-17-19-25(20-18-21)28(24-15-9-4-10-16-24)29-26(22-11-5-2-6-12-22)27(30-28)23-13-7-3-8-14-23/h2-20H,1H3. The van der Waals surface area contributed by atoms with Crippen molar-refractivity contribution in [1.82, 2.24) is 0 Å². The zero-order chi connectivity index (χ0) is 20.4. The molecule has 30 heavy (non-hydrogen) atoms. The second-order valence-corrected chi connectivity index (χ2v) is 7.56. The topological polar surface area (TPSA) is 24.7 Å². The summed E-state index contributed by atoms with van der Waals surface area (Å²) in [7, 11) is 0. The maximum absolute atomic E-state index is 5.33. The lowest BCUT2D eigenvalue weighted by molar-refractivity contribution is 0.588. The van der Waals surface area contributed by atoms with Gasteiger partial charge in [-0.15, -0.1) is 0 Å². The SMILES string of the molecule is Cc1ccc(C2(c3ccccc3)N=C(c3ccccc3)C(c3ccccc3)=N2)cc1. The van der Waals surface area contributed by atoms with Crippen LogP contribution in [0.4, 0.5) is 0 Å². The molecule has 144 valence electrons. The first-order valence-corrected chi connectivity index (χ1v) is 10.2. The fraction of sp³-hybridized carbons (Fsp3) is 0.0714. The molecule has 0 N–H and O–H groups in total. The monoisotopic (exact) mass is 386 g/mol. The number of benzene rings is 4. The molecule has 5 rings (SSSR count). The smallest absolute Gasteiger partial charge is 0.202 e. The number of aliphatic imine (C=N–C) groups is 2. The minimum atomic E-state index is -0.800. The molecule has 0 atom stereocenters. The number of hydrogen-bond acceptors (Lipinski definition) is 2. The molecule has 1 heterocycles. The minimum absolute atomic E-state index is 0.800. The molecule has 0 bridgehead atoms. The molecule has 0 amide bonds. The Balaban J connectivity index is 1.81. The van der Waals surface area contributed by atoms with E-state index in [1.165, 1.54) is 5.56 Å². The average Bonchev–Trinajstić information content (AvgIpc) is 3.23. The molecule has 2 heteroatoms. The van der Waals surface area contributed by atoms with Gasteiger partial charge in [-0.3, -0.25) is 0 Å². The van der Waals surface area contributed by atoms with Crippen molar-refractivity contribution in [3.8, 4) is 0 Å². The van der Waals surface area contributed by atoms with Crippen molar-refractivity contribution < 1.29 is 0 Å². The van der Waals surface area contributed by atoms with Crippen molar-refractivity contribution in [1.29, 1.82) is 0 Å². The normalized spacial score (nSPS) is 14.8. The van der Waals surface area contributed by atoms with E-state index in [-0.39, 0.29) is 0 Å². The largest absolute Gasteiger partial charge is 0.243 e. The van der Waals surface area contributed by atoms with Crippen LogP contribution in [0.15, 0.2) is 125 Å². The molecule has 0 spiro atoms. The first-order chi connectivity index (χ1) is 14.8. The van der Waals surface area contributed by atoms with E-state index in [0.717, 1.165) is 33.7 Å². The van der Waals surface area contributed by atoms with Gasteiger partial charge in [0.05, 0.1) is 11.4 Å². The average molecular weight is 386 g/mol. The van der Waals surface area contributed by atoms with E-state index >= 15 is 0 Å². The van der Waals surface area contributed by atoms with Crippen LogP contribution < -0.4 is 0 Å². The number of aryl methyl sites for hydroxylation is 1. The van der Waals surface area contributed by atoms with Gasteiger partial charge in [-0.05, 0) is 6.92 Å². The number of nitrogens with zero attached hydrogens (tertiary/aromatic N) is 2. The van der Waals surface area contributed by atoms with Gasteiger partial charge < -0.3 is 0 Å². The van der Waals surface area contributed by atoms with Crippen LogP contribution in [0.3, 0.4) is 0 Å². The van der Waals surface area contributed by atoms with E-state index in [1.807, 2.05) is 18.2 Å². The quantitative estimate of drug-likeness (QED) is 0.400. The van der Waals surface area contributed by atoms with Crippen molar-refractivity contribution in [3.63, 3.8) is 0 Å². The molecule has 0 fully saturated rings. The molecule has 2 nitrogen and oxygen atoms in total. The van der Waals surface area contributed by atoms with Crippen LogP contribution in [-0.4, -0.2) is 11.4 Å². The summed E-state index contributed by atoms with van der Waals surface area (Å²) in [5.41, 5.74) is 6.55. The zero-order valence-corrected chi connectivity index (χ0v) is 16.9. The summed E-state index contributed by atoms with van der Waals surface area (Å²) in [6, 6.07) is 39.6. The Morgan fingerprint density at radius 1 is 0.467 bits per heavy atom. The van der Waals surface area contributed by atoms with Gasteiger partial charge in [0, 0.05) is 22.3 Å². The summed E-state index contributed by atoms with van der Waals surface area (Å²) in [4.78, 5) is 10.7. The predicted octanol–water partition coefficient (Wildman–Crippen LogP) is 6.19. The third-order valence-corrected chi connectivity index (χ3v) is 5.50. The van der Waals surface area contributed by atoms with Crippen LogP contribution >= 0.6 is 0 Å². The highest BCUT2D eigenvalue weighted by Gasteiger charge is 2.40. The van der Waals surface area contributed by atoms with Crippen LogP contribution in [0.1, 0.15) is 27.8 Å². The Morgan fingerprint density at radius 2 is 0.867 bits per heavy atom. The molecule has 0 saturated carbocycles. The van der Waals surface area contributed by atoms with E-state index in [1.54, 1.807) is 0 Å². The summed E-state index contributed by atoms with van der Waals surface area (Å²) in [5.74, 6) is 0. The van der Waals surface area contributed by atoms with E-state index in [9.17, 15) is 0 Å². The maximum atomic E-state index is 5.33. The molecule has 0 aliphatic carbocycles. The van der Waals surface area contributed by atoms with Gasteiger partial charge in [-0.25, -0.2) is 9.98 Å². The van der Waals surface area contributed by atoms with Gasteiger partial charge in [0.25, 0.3) is 0 Å². The Hall–Kier alpha value is -3.78.